The summed E-state index contributed by atoms with van der Waals surface area (Å²) in [6.45, 7) is 6.35. The third-order valence-electron chi connectivity index (χ3n) is 4.02. The predicted molar refractivity (Wildman–Crippen MR) is 81.8 cm³/mol. The molecule has 0 bridgehead atoms. The van der Waals surface area contributed by atoms with Crippen LogP contribution in [0.1, 0.15) is 16.7 Å². The van der Waals surface area contributed by atoms with E-state index in [0.29, 0.717) is 12.2 Å². The van der Waals surface area contributed by atoms with Crippen LogP contribution in [0.4, 0.5) is 20.2 Å². The lowest BCUT2D eigenvalue weighted by Crippen LogP contribution is -2.33. The minimum atomic E-state index is -0.811. The second kappa shape index (κ2) is 5.35. The molecule has 4 heteroatoms. The molecule has 2 nitrogen and oxygen atoms in total. The van der Waals surface area contributed by atoms with Crippen molar-refractivity contribution in [3.05, 3.63) is 58.7 Å². The van der Waals surface area contributed by atoms with Crippen LogP contribution in [-0.2, 0) is 6.54 Å². The molecular weight excluding hydrogens is 270 g/mol. The fourth-order valence-electron chi connectivity index (χ4n) is 2.67. The molecule has 0 fully saturated rings. The summed E-state index contributed by atoms with van der Waals surface area (Å²) in [6.07, 6.45) is 0. The lowest BCUT2D eigenvalue weighted by Gasteiger charge is -2.32. The predicted octanol–water partition coefficient (Wildman–Crippen LogP) is 4.01. The van der Waals surface area contributed by atoms with Gasteiger partial charge in [-0.25, -0.2) is 8.78 Å². The van der Waals surface area contributed by atoms with E-state index in [2.05, 4.69) is 42.3 Å². The van der Waals surface area contributed by atoms with Gasteiger partial charge in [0.15, 0.2) is 11.6 Å². The lowest BCUT2D eigenvalue weighted by molar-refractivity contribution is 0.508. The first-order valence-electron chi connectivity index (χ1n) is 7.08. The lowest BCUT2D eigenvalue weighted by atomic mass is 10.1. The van der Waals surface area contributed by atoms with Gasteiger partial charge in [0.05, 0.1) is 11.4 Å². The molecule has 0 aliphatic carbocycles. The summed E-state index contributed by atoms with van der Waals surface area (Å²) in [5.41, 5.74) is 5.05. The topological polar surface area (TPSA) is 15.3 Å². The Morgan fingerprint density at radius 1 is 1.05 bits per heavy atom. The molecule has 0 saturated heterocycles. The fraction of sp³-hybridized carbons (Fsp3) is 0.294. The van der Waals surface area contributed by atoms with Crippen molar-refractivity contribution in [2.75, 3.05) is 23.3 Å². The van der Waals surface area contributed by atoms with E-state index in [1.54, 1.807) is 0 Å². The fourth-order valence-corrected chi connectivity index (χ4v) is 2.67. The van der Waals surface area contributed by atoms with E-state index in [9.17, 15) is 8.78 Å². The molecule has 1 heterocycles. The van der Waals surface area contributed by atoms with Gasteiger partial charge in [0.1, 0.15) is 0 Å². The summed E-state index contributed by atoms with van der Waals surface area (Å²) >= 11 is 0. The van der Waals surface area contributed by atoms with Crippen molar-refractivity contribution < 1.29 is 8.78 Å². The van der Waals surface area contributed by atoms with Crippen LogP contribution in [0.2, 0.25) is 0 Å². The molecule has 1 N–H and O–H groups in total. The third-order valence-corrected chi connectivity index (χ3v) is 4.02. The van der Waals surface area contributed by atoms with Gasteiger partial charge in [-0.1, -0.05) is 18.2 Å². The Bertz CT molecular complexity index is 683. The van der Waals surface area contributed by atoms with Crippen LogP contribution in [0, 0.1) is 25.5 Å². The van der Waals surface area contributed by atoms with Gasteiger partial charge in [-0.05, 0) is 30.5 Å². The maximum atomic E-state index is 13.5. The molecule has 2 aromatic rings. The normalized spacial score (nSPS) is 13.8. The Hall–Kier alpha value is -2.10. The number of hydrogen-bond acceptors (Lipinski definition) is 2. The Labute approximate surface area is 123 Å². The molecule has 0 unspecified atom stereocenters. The van der Waals surface area contributed by atoms with E-state index >= 15 is 0 Å². The van der Waals surface area contributed by atoms with Crippen LogP contribution in [0.5, 0.6) is 0 Å². The molecule has 21 heavy (non-hydrogen) atoms. The van der Waals surface area contributed by atoms with Crippen LogP contribution < -0.4 is 10.2 Å². The van der Waals surface area contributed by atoms with E-state index in [1.165, 1.54) is 28.8 Å². The first-order chi connectivity index (χ1) is 10.0. The van der Waals surface area contributed by atoms with Crippen LogP contribution in [-0.4, -0.2) is 13.1 Å². The summed E-state index contributed by atoms with van der Waals surface area (Å²) in [5.74, 6) is -1.61. The zero-order chi connectivity index (χ0) is 15.0. The van der Waals surface area contributed by atoms with Crippen molar-refractivity contribution in [1.82, 2.24) is 0 Å². The number of benzene rings is 2. The molecule has 1 aliphatic heterocycles. The summed E-state index contributed by atoms with van der Waals surface area (Å²) < 4.78 is 26.8. The second-order valence-corrected chi connectivity index (χ2v) is 5.55. The number of halogens is 2. The van der Waals surface area contributed by atoms with E-state index in [4.69, 9.17) is 0 Å². The molecule has 0 atom stereocenters. The molecular formula is C17H18F2N2. The van der Waals surface area contributed by atoms with Crippen LogP contribution in [0.15, 0.2) is 30.3 Å². The van der Waals surface area contributed by atoms with Gasteiger partial charge in [0.2, 0.25) is 0 Å². The monoisotopic (exact) mass is 288 g/mol. The smallest absolute Gasteiger partial charge is 0.161 e. The molecule has 0 aromatic heterocycles. The number of hydrogen-bond donors (Lipinski definition) is 1. The third kappa shape index (κ3) is 2.71. The van der Waals surface area contributed by atoms with Gasteiger partial charge >= 0.3 is 0 Å². The summed E-state index contributed by atoms with van der Waals surface area (Å²) in [5, 5.41) is 3.12. The highest BCUT2D eigenvalue weighted by Crippen LogP contribution is 2.32. The van der Waals surface area contributed by atoms with Gasteiger partial charge in [-0.3, -0.25) is 0 Å². The zero-order valence-electron chi connectivity index (χ0n) is 12.2. The highest BCUT2D eigenvalue weighted by Gasteiger charge is 2.19. The van der Waals surface area contributed by atoms with Crippen LogP contribution >= 0.6 is 0 Å². The van der Waals surface area contributed by atoms with Crippen molar-refractivity contribution >= 4 is 11.4 Å². The Kier molecular flexibility index (Phi) is 3.53. The molecule has 0 saturated carbocycles. The van der Waals surface area contributed by atoms with Crippen molar-refractivity contribution in [3.63, 3.8) is 0 Å². The van der Waals surface area contributed by atoms with Gasteiger partial charge in [0.25, 0.3) is 0 Å². The number of nitrogens with zero attached hydrogens (tertiary/aromatic N) is 1. The average molecular weight is 288 g/mol. The molecule has 3 rings (SSSR count). The standard InChI is InChI=1S/C17H18F2N2/c1-11-3-4-13(7-12(11)2)10-21-6-5-20-16-8-14(18)15(19)9-17(16)21/h3-4,7-9,20H,5-6,10H2,1-2H3. The minimum absolute atomic E-state index is 0.656. The maximum absolute atomic E-state index is 13.5. The average Bonchev–Trinajstić information content (AvgIpc) is 2.45. The zero-order valence-corrected chi connectivity index (χ0v) is 12.2. The maximum Gasteiger partial charge on any atom is 0.161 e. The molecule has 1 aliphatic rings. The van der Waals surface area contributed by atoms with E-state index < -0.39 is 11.6 Å². The highest BCUT2D eigenvalue weighted by molar-refractivity contribution is 5.72. The molecule has 2 aromatic carbocycles. The van der Waals surface area contributed by atoms with Gasteiger partial charge in [-0.15, -0.1) is 0 Å². The van der Waals surface area contributed by atoms with E-state index in [0.717, 1.165) is 18.8 Å². The first-order valence-corrected chi connectivity index (χ1v) is 7.08. The number of aryl methyl sites for hydroxylation is 2. The largest absolute Gasteiger partial charge is 0.382 e. The van der Waals surface area contributed by atoms with Gasteiger partial charge in [-0.2, -0.15) is 0 Å². The number of nitrogens with one attached hydrogen (secondary N) is 1. The Balaban J connectivity index is 1.91. The van der Waals surface area contributed by atoms with E-state index in [-0.39, 0.29) is 0 Å². The second-order valence-electron chi connectivity index (χ2n) is 5.55. The Morgan fingerprint density at radius 3 is 2.57 bits per heavy atom. The number of anilines is 2. The number of fused-ring (bicyclic) bond motifs is 1. The summed E-state index contributed by atoms with van der Waals surface area (Å²) in [6, 6.07) is 8.84. The Morgan fingerprint density at radius 2 is 1.81 bits per heavy atom. The van der Waals surface area contributed by atoms with Crippen molar-refractivity contribution in [3.8, 4) is 0 Å². The highest BCUT2D eigenvalue weighted by atomic mass is 19.2. The summed E-state index contributed by atoms with van der Waals surface area (Å²) in [7, 11) is 0. The van der Waals surface area contributed by atoms with Crippen molar-refractivity contribution in [2.24, 2.45) is 0 Å². The molecule has 0 amide bonds. The van der Waals surface area contributed by atoms with Crippen molar-refractivity contribution in [1.29, 1.82) is 0 Å². The van der Waals surface area contributed by atoms with E-state index in [1.807, 2.05) is 0 Å². The van der Waals surface area contributed by atoms with Gasteiger partial charge < -0.3 is 10.2 Å². The van der Waals surface area contributed by atoms with Crippen LogP contribution in [0.3, 0.4) is 0 Å². The quantitative estimate of drug-likeness (QED) is 0.898. The SMILES string of the molecule is Cc1ccc(CN2CCNc3cc(F)c(F)cc32)cc1C. The van der Waals surface area contributed by atoms with Crippen molar-refractivity contribution in [2.45, 2.75) is 20.4 Å². The minimum Gasteiger partial charge on any atom is -0.382 e. The van der Waals surface area contributed by atoms with Crippen LogP contribution in [0.25, 0.3) is 0 Å². The van der Waals surface area contributed by atoms with Gasteiger partial charge in [0, 0.05) is 31.8 Å². The molecule has 110 valence electrons. The molecule has 0 radical (unpaired) electrons. The number of rotatable bonds is 2. The summed E-state index contributed by atoms with van der Waals surface area (Å²) in [4.78, 5) is 2.08. The first kappa shape index (κ1) is 13.9. The molecule has 0 spiro atoms.